The minimum Gasteiger partial charge on any atom is -0.492 e. The SMILES string of the molecule is O=C(NCC(F)(F)F)c1cc(-c2cnn3cc(-c4ccc(OCCN5CCCCC5)cc4)cnc23)cs1. The minimum absolute atomic E-state index is 0.188. The summed E-state index contributed by atoms with van der Waals surface area (Å²) in [7, 11) is 0. The molecule has 0 spiro atoms. The average Bonchev–Trinajstić information content (AvgIpc) is 3.55. The molecular weight excluding hydrogens is 503 g/mol. The summed E-state index contributed by atoms with van der Waals surface area (Å²) >= 11 is 1.07. The number of aromatic nitrogens is 3. The van der Waals surface area contributed by atoms with E-state index in [0.29, 0.717) is 23.4 Å². The number of hydrogen-bond donors (Lipinski definition) is 1. The van der Waals surface area contributed by atoms with Gasteiger partial charge in [-0.3, -0.25) is 9.69 Å². The van der Waals surface area contributed by atoms with E-state index >= 15 is 0 Å². The van der Waals surface area contributed by atoms with E-state index < -0.39 is 18.6 Å². The number of ether oxygens (including phenoxy) is 1. The van der Waals surface area contributed by atoms with Crippen LogP contribution in [0.25, 0.3) is 27.9 Å². The van der Waals surface area contributed by atoms with Gasteiger partial charge in [-0.1, -0.05) is 18.6 Å². The van der Waals surface area contributed by atoms with Gasteiger partial charge in [-0.05, 0) is 60.6 Å². The van der Waals surface area contributed by atoms with Crippen LogP contribution in [0.3, 0.4) is 0 Å². The summed E-state index contributed by atoms with van der Waals surface area (Å²) in [5.74, 6) is 0.0583. The van der Waals surface area contributed by atoms with Gasteiger partial charge in [0.25, 0.3) is 5.91 Å². The molecule has 1 aliphatic heterocycles. The van der Waals surface area contributed by atoms with Gasteiger partial charge < -0.3 is 10.1 Å². The Bertz CT molecular complexity index is 1360. The summed E-state index contributed by atoms with van der Waals surface area (Å²) in [5, 5.41) is 7.98. The Morgan fingerprint density at radius 2 is 1.84 bits per heavy atom. The number of halogens is 3. The molecule has 0 atom stereocenters. The zero-order valence-electron chi connectivity index (χ0n) is 20.0. The molecule has 37 heavy (non-hydrogen) atoms. The van der Waals surface area contributed by atoms with Gasteiger partial charge in [0.15, 0.2) is 5.65 Å². The number of likely N-dealkylation sites (tertiary alicyclic amines) is 1. The Morgan fingerprint density at radius 3 is 2.59 bits per heavy atom. The molecule has 4 aromatic rings. The molecule has 7 nitrogen and oxygen atoms in total. The zero-order valence-corrected chi connectivity index (χ0v) is 20.8. The van der Waals surface area contributed by atoms with Crippen LogP contribution < -0.4 is 10.1 Å². The molecule has 1 saturated heterocycles. The number of benzene rings is 1. The van der Waals surface area contributed by atoms with Crippen LogP contribution in [-0.4, -0.2) is 64.4 Å². The number of alkyl halides is 3. The second kappa shape index (κ2) is 10.9. The standard InChI is InChI=1S/C26H26F3N5O2S/c27-26(28,29)17-31-25(35)23-12-19(16-37-23)22-14-32-34-15-20(13-30-24(22)34)18-4-6-21(7-5-18)36-11-10-33-8-2-1-3-9-33/h4-7,12-16H,1-3,8-11,17H2,(H,31,35). The lowest BCUT2D eigenvalue weighted by Gasteiger charge is -2.26. The largest absolute Gasteiger partial charge is 0.492 e. The zero-order chi connectivity index (χ0) is 25.8. The minimum atomic E-state index is -4.46. The van der Waals surface area contributed by atoms with Gasteiger partial charge in [-0.25, -0.2) is 9.50 Å². The average molecular weight is 530 g/mol. The van der Waals surface area contributed by atoms with Gasteiger partial charge >= 0.3 is 6.18 Å². The topological polar surface area (TPSA) is 71.8 Å². The second-order valence-electron chi connectivity index (χ2n) is 8.94. The third kappa shape index (κ3) is 6.28. The predicted molar refractivity (Wildman–Crippen MR) is 136 cm³/mol. The molecule has 1 aliphatic rings. The van der Waals surface area contributed by atoms with Crippen LogP contribution in [-0.2, 0) is 0 Å². The number of thiophene rings is 1. The molecule has 0 saturated carbocycles. The van der Waals surface area contributed by atoms with Crippen LogP contribution in [0.15, 0.2) is 54.3 Å². The lowest BCUT2D eigenvalue weighted by Crippen LogP contribution is -2.33. The van der Waals surface area contributed by atoms with Crippen molar-refractivity contribution >= 4 is 22.9 Å². The van der Waals surface area contributed by atoms with E-state index in [1.807, 2.05) is 35.8 Å². The molecule has 0 radical (unpaired) electrons. The molecule has 1 fully saturated rings. The van der Waals surface area contributed by atoms with Crippen LogP contribution in [0.1, 0.15) is 28.9 Å². The van der Waals surface area contributed by atoms with Crippen molar-refractivity contribution in [3.63, 3.8) is 0 Å². The number of rotatable bonds is 8. The molecule has 0 bridgehead atoms. The number of fused-ring (bicyclic) bond motifs is 1. The molecule has 0 aliphatic carbocycles. The fraction of sp³-hybridized carbons (Fsp3) is 0.346. The number of amides is 1. The fourth-order valence-corrected chi connectivity index (χ4v) is 5.13. The molecule has 1 aromatic carbocycles. The second-order valence-corrected chi connectivity index (χ2v) is 9.85. The number of carbonyl (C=O) groups is 1. The Morgan fingerprint density at radius 1 is 1.05 bits per heavy atom. The summed E-state index contributed by atoms with van der Waals surface area (Å²) in [5.41, 5.74) is 3.79. The highest BCUT2D eigenvalue weighted by atomic mass is 32.1. The van der Waals surface area contributed by atoms with Gasteiger partial charge in [-0.2, -0.15) is 18.3 Å². The van der Waals surface area contributed by atoms with Gasteiger partial charge in [0.05, 0.1) is 11.1 Å². The van der Waals surface area contributed by atoms with Crippen molar-refractivity contribution in [2.45, 2.75) is 25.4 Å². The lowest BCUT2D eigenvalue weighted by molar-refractivity contribution is -0.123. The van der Waals surface area contributed by atoms with Gasteiger partial charge in [0, 0.05) is 30.1 Å². The summed E-state index contributed by atoms with van der Waals surface area (Å²) < 4.78 is 44.7. The maximum atomic E-state index is 12.4. The van der Waals surface area contributed by atoms with Crippen molar-refractivity contribution < 1.29 is 22.7 Å². The van der Waals surface area contributed by atoms with Gasteiger partial charge in [0.1, 0.15) is 18.9 Å². The first-order valence-electron chi connectivity index (χ1n) is 12.1. The molecule has 0 unspecified atom stereocenters. The highest BCUT2D eigenvalue weighted by molar-refractivity contribution is 7.12. The van der Waals surface area contributed by atoms with Crippen molar-refractivity contribution in [3.8, 4) is 28.0 Å². The molecule has 4 heterocycles. The highest BCUT2D eigenvalue weighted by Crippen LogP contribution is 2.30. The molecule has 194 valence electrons. The van der Waals surface area contributed by atoms with Crippen LogP contribution in [0, 0.1) is 0 Å². The van der Waals surface area contributed by atoms with Crippen molar-refractivity contribution in [2.24, 2.45) is 0 Å². The molecule has 11 heteroatoms. The van der Waals surface area contributed by atoms with E-state index in [-0.39, 0.29) is 4.88 Å². The number of nitrogens with zero attached hydrogens (tertiary/aromatic N) is 4. The molecule has 1 amide bonds. The van der Waals surface area contributed by atoms with Gasteiger partial charge in [-0.15, -0.1) is 11.3 Å². The predicted octanol–water partition coefficient (Wildman–Crippen LogP) is 5.28. The van der Waals surface area contributed by atoms with Crippen molar-refractivity contribution in [1.29, 1.82) is 0 Å². The lowest BCUT2D eigenvalue weighted by atomic mass is 10.1. The Hall–Kier alpha value is -3.44. The molecule has 1 N–H and O–H groups in total. The first-order valence-corrected chi connectivity index (χ1v) is 13.0. The van der Waals surface area contributed by atoms with Crippen LogP contribution in [0.4, 0.5) is 13.2 Å². The molecule has 3 aromatic heterocycles. The Balaban J connectivity index is 1.24. The fourth-order valence-electron chi connectivity index (χ4n) is 4.31. The maximum Gasteiger partial charge on any atom is 0.405 e. The summed E-state index contributed by atoms with van der Waals surface area (Å²) in [6.45, 7) is 2.53. The third-order valence-corrected chi connectivity index (χ3v) is 7.18. The first kappa shape index (κ1) is 25.2. The van der Waals surface area contributed by atoms with Crippen molar-refractivity contribution in [3.05, 3.63) is 59.2 Å². The number of piperidine rings is 1. The van der Waals surface area contributed by atoms with Crippen LogP contribution in [0.5, 0.6) is 5.75 Å². The molecule has 5 rings (SSSR count). The van der Waals surface area contributed by atoms with E-state index in [1.165, 1.54) is 19.3 Å². The Labute approximate surface area is 215 Å². The smallest absolute Gasteiger partial charge is 0.405 e. The van der Waals surface area contributed by atoms with Gasteiger partial charge in [0.2, 0.25) is 0 Å². The number of carbonyl (C=O) groups excluding carboxylic acids is 1. The van der Waals surface area contributed by atoms with Crippen LogP contribution in [0.2, 0.25) is 0 Å². The highest BCUT2D eigenvalue weighted by Gasteiger charge is 2.28. The van der Waals surface area contributed by atoms with Crippen LogP contribution >= 0.6 is 11.3 Å². The van der Waals surface area contributed by atoms with E-state index in [4.69, 9.17) is 4.74 Å². The maximum absolute atomic E-state index is 12.4. The summed E-state index contributed by atoms with van der Waals surface area (Å²) in [4.78, 5) is 19.2. The van der Waals surface area contributed by atoms with Crippen molar-refractivity contribution in [2.75, 3.05) is 32.8 Å². The monoisotopic (exact) mass is 529 g/mol. The number of nitrogens with one attached hydrogen (secondary N) is 1. The molecular formula is C26H26F3N5O2S. The summed E-state index contributed by atoms with van der Waals surface area (Å²) in [6.07, 6.45) is 4.63. The first-order chi connectivity index (χ1) is 17.9. The van der Waals surface area contributed by atoms with E-state index in [1.54, 1.807) is 28.4 Å². The quantitative estimate of drug-likeness (QED) is 0.336. The van der Waals surface area contributed by atoms with Crippen molar-refractivity contribution in [1.82, 2.24) is 24.8 Å². The van der Waals surface area contributed by atoms with E-state index in [0.717, 1.165) is 47.8 Å². The third-order valence-electron chi connectivity index (χ3n) is 6.25. The summed E-state index contributed by atoms with van der Waals surface area (Å²) in [6, 6.07) is 9.40. The van der Waals surface area contributed by atoms with E-state index in [2.05, 4.69) is 15.0 Å². The Kier molecular flexibility index (Phi) is 7.43. The number of hydrogen-bond acceptors (Lipinski definition) is 6. The van der Waals surface area contributed by atoms with E-state index in [9.17, 15) is 18.0 Å². The normalized spacial score (nSPS) is 14.7.